The Kier molecular flexibility index (Phi) is 4.94. The number of carbonyl (C=O) groups is 2. The molecule has 0 aliphatic carbocycles. The molecule has 1 saturated heterocycles. The molecule has 2 aliphatic rings. The molecule has 2 amide bonds. The highest BCUT2D eigenvalue weighted by atomic mass is 16.2. The minimum absolute atomic E-state index is 0.0293. The molecule has 0 spiro atoms. The van der Waals surface area contributed by atoms with Gasteiger partial charge in [0.1, 0.15) is 6.54 Å². The first-order chi connectivity index (χ1) is 13.1. The molecule has 2 aliphatic heterocycles. The van der Waals surface area contributed by atoms with E-state index in [0.717, 1.165) is 54.9 Å². The van der Waals surface area contributed by atoms with Crippen LogP contribution in [-0.2, 0) is 11.2 Å². The summed E-state index contributed by atoms with van der Waals surface area (Å²) >= 11 is 0. The molecule has 0 aromatic heterocycles. The van der Waals surface area contributed by atoms with Crippen LogP contribution in [0.1, 0.15) is 15.9 Å². The second-order valence-electron chi connectivity index (χ2n) is 7.40. The fourth-order valence-electron chi connectivity index (χ4n) is 3.82. The molecule has 0 unspecified atom stereocenters. The van der Waals surface area contributed by atoms with Crippen molar-refractivity contribution in [2.45, 2.75) is 6.42 Å². The van der Waals surface area contributed by atoms with Gasteiger partial charge >= 0.3 is 0 Å². The first-order valence-electron chi connectivity index (χ1n) is 9.56. The van der Waals surface area contributed by atoms with Gasteiger partial charge in [0.25, 0.3) is 5.91 Å². The minimum Gasteiger partial charge on any atom is -0.339 e. The molecular weight excluding hydrogens is 338 g/mol. The standard InChI is InChI=1S/C22H25N3O2/c1-23-11-13-24(14-12-23)21(26)16-25-10-9-19-15-18(7-8-20(19)22(25)27)17-5-3-2-4-6-17/h2-8,15H,9-14,16H2,1H3. The summed E-state index contributed by atoms with van der Waals surface area (Å²) in [6, 6.07) is 16.2. The summed E-state index contributed by atoms with van der Waals surface area (Å²) < 4.78 is 0. The average Bonchev–Trinajstić information content (AvgIpc) is 2.71. The lowest BCUT2D eigenvalue weighted by Crippen LogP contribution is -2.51. The Morgan fingerprint density at radius 2 is 1.67 bits per heavy atom. The molecule has 2 aromatic carbocycles. The third kappa shape index (κ3) is 3.74. The van der Waals surface area contributed by atoms with Gasteiger partial charge in [-0.25, -0.2) is 0 Å². The molecule has 27 heavy (non-hydrogen) atoms. The number of likely N-dealkylation sites (N-methyl/N-ethyl adjacent to an activating group) is 1. The Morgan fingerprint density at radius 1 is 0.926 bits per heavy atom. The smallest absolute Gasteiger partial charge is 0.254 e. The summed E-state index contributed by atoms with van der Waals surface area (Å²) in [4.78, 5) is 31.3. The van der Waals surface area contributed by atoms with E-state index in [9.17, 15) is 9.59 Å². The zero-order valence-corrected chi connectivity index (χ0v) is 15.7. The minimum atomic E-state index is -0.0293. The SMILES string of the molecule is CN1CCN(C(=O)CN2CCc3cc(-c4ccccc4)ccc3C2=O)CC1. The fraction of sp³-hybridized carbons (Fsp3) is 0.364. The number of amides is 2. The molecule has 0 atom stereocenters. The van der Waals surface area contributed by atoms with Crippen molar-refractivity contribution in [1.82, 2.24) is 14.7 Å². The van der Waals surface area contributed by atoms with E-state index < -0.39 is 0 Å². The van der Waals surface area contributed by atoms with Crippen LogP contribution in [0.25, 0.3) is 11.1 Å². The summed E-state index contributed by atoms with van der Waals surface area (Å²) in [7, 11) is 2.07. The maximum absolute atomic E-state index is 12.9. The number of piperazine rings is 1. The van der Waals surface area contributed by atoms with Crippen molar-refractivity contribution in [3.05, 3.63) is 59.7 Å². The number of nitrogens with zero attached hydrogens (tertiary/aromatic N) is 3. The summed E-state index contributed by atoms with van der Waals surface area (Å²) in [5.41, 5.74) is 4.08. The molecule has 2 aromatic rings. The first kappa shape index (κ1) is 17.7. The van der Waals surface area contributed by atoms with Crippen LogP contribution in [0, 0.1) is 0 Å². The zero-order chi connectivity index (χ0) is 18.8. The van der Waals surface area contributed by atoms with Crippen LogP contribution >= 0.6 is 0 Å². The molecule has 0 radical (unpaired) electrons. The number of benzene rings is 2. The number of hydrogen-bond donors (Lipinski definition) is 0. The highest BCUT2D eigenvalue weighted by Crippen LogP contribution is 2.26. The Labute approximate surface area is 160 Å². The predicted octanol–water partition coefficient (Wildman–Crippen LogP) is 2.13. The average molecular weight is 363 g/mol. The normalized spacial score (nSPS) is 17.7. The Balaban J connectivity index is 1.46. The lowest BCUT2D eigenvalue weighted by Gasteiger charge is -2.35. The van der Waals surface area contributed by atoms with E-state index in [4.69, 9.17) is 0 Å². The summed E-state index contributed by atoms with van der Waals surface area (Å²) in [5, 5.41) is 0. The van der Waals surface area contributed by atoms with E-state index in [1.165, 1.54) is 0 Å². The van der Waals surface area contributed by atoms with Crippen molar-refractivity contribution in [3.8, 4) is 11.1 Å². The number of carbonyl (C=O) groups excluding carboxylic acids is 2. The van der Waals surface area contributed by atoms with Gasteiger partial charge in [-0.1, -0.05) is 42.5 Å². The number of hydrogen-bond acceptors (Lipinski definition) is 3. The lowest BCUT2D eigenvalue weighted by atomic mass is 9.94. The topological polar surface area (TPSA) is 43.9 Å². The molecule has 0 saturated carbocycles. The van der Waals surface area contributed by atoms with E-state index in [1.807, 2.05) is 35.2 Å². The zero-order valence-electron chi connectivity index (χ0n) is 15.7. The largest absolute Gasteiger partial charge is 0.339 e. The van der Waals surface area contributed by atoms with Crippen molar-refractivity contribution < 1.29 is 9.59 Å². The molecule has 0 N–H and O–H groups in total. The Hall–Kier alpha value is -2.66. The second-order valence-corrected chi connectivity index (χ2v) is 7.40. The molecule has 2 heterocycles. The first-order valence-corrected chi connectivity index (χ1v) is 9.56. The van der Waals surface area contributed by atoms with Gasteiger partial charge in [-0.3, -0.25) is 9.59 Å². The summed E-state index contributed by atoms with van der Waals surface area (Å²) in [6.45, 7) is 4.06. The molecule has 5 heteroatoms. The molecule has 0 bridgehead atoms. The van der Waals surface area contributed by atoms with Gasteiger partial charge in [0.2, 0.25) is 5.91 Å². The van der Waals surface area contributed by atoms with Crippen LogP contribution in [0.3, 0.4) is 0 Å². The van der Waals surface area contributed by atoms with Gasteiger partial charge in [0.15, 0.2) is 0 Å². The van der Waals surface area contributed by atoms with Crippen LogP contribution in [-0.4, -0.2) is 72.8 Å². The van der Waals surface area contributed by atoms with Crippen molar-refractivity contribution in [3.63, 3.8) is 0 Å². The second kappa shape index (κ2) is 7.53. The highest BCUT2D eigenvalue weighted by Gasteiger charge is 2.28. The van der Waals surface area contributed by atoms with Crippen LogP contribution in [0.2, 0.25) is 0 Å². The van der Waals surface area contributed by atoms with E-state index in [-0.39, 0.29) is 18.4 Å². The Bertz CT molecular complexity index is 842. The lowest BCUT2D eigenvalue weighted by molar-refractivity contribution is -0.133. The quantitative estimate of drug-likeness (QED) is 0.839. The Morgan fingerprint density at radius 3 is 2.41 bits per heavy atom. The van der Waals surface area contributed by atoms with E-state index in [2.05, 4.69) is 30.1 Å². The van der Waals surface area contributed by atoms with Gasteiger partial charge in [0, 0.05) is 38.3 Å². The van der Waals surface area contributed by atoms with Crippen LogP contribution in [0.5, 0.6) is 0 Å². The number of fused-ring (bicyclic) bond motifs is 1. The van der Waals surface area contributed by atoms with Gasteiger partial charge in [-0.2, -0.15) is 0 Å². The van der Waals surface area contributed by atoms with Crippen LogP contribution in [0.15, 0.2) is 48.5 Å². The number of rotatable bonds is 3. The summed E-state index contributed by atoms with van der Waals surface area (Å²) in [6.07, 6.45) is 0.789. The van der Waals surface area contributed by atoms with Gasteiger partial charge in [-0.15, -0.1) is 0 Å². The van der Waals surface area contributed by atoms with Crippen molar-refractivity contribution in [2.75, 3.05) is 46.3 Å². The van der Waals surface area contributed by atoms with E-state index >= 15 is 0 Å². The van der Waals surface area contributed by atoms with Crippen molar-refractivity contribution in [1.29, 1.82) is 0 Å². The maximum atomic E-state index is 12.9. The van der Waals surface area contributed by atoms with E-state index in [0.29, 0.717) is 6.54 Å². The molecule has 5 nitrogen and oxygen atoms in total. The van der Waals surface area contributed by atoms with Crippen LogP contribution in [0.4, 0.5) is 0 Å². The molecule has 4 rings (SSSR count). The van der Waals surface area contributed by atoms with Crippen molar-refractivity contribution in [2.24, 2.45) is 0 Å². The monoisotopic (exact) mass is 363 g/mol. The fourth-order valence-corrected chi connectivity index (χ4v) is 3.82. The van der Waals surface area contributed by atoms with Crippen LogP contribution < -0.4 is 0 Å². The van der Waals surface area contributed by atoms with E-state index in [1.54, 1.807) is 4.90 Å². The maximum Gasteiger partial charge on any atom is 0.254 e. The van der Waals surface area contributed by atoms with Gasteiger partial charge in [0.05, 0.1) is 0 Å². The molecule has 140 valence electrons. The van der Waals surface area contributed by atoms with Gasteiger partial charge < -0.3 is 14.7 Å². The predicted molar refractivity (Wildman–Crippen MR) is 106 cm³/mol. The highest BCUT2D eigenvalue weighted by molar-refractivity contribution is 5.99. The van der Waals surface area contributed by atoms with Crippen molar-refractivity contribution >= 4 is 11.8 Å². The molecular formula is C22H25N3O2. The summed E-state index contributed by atoms with van der Waals surface area (Å²) in [5.74, 6) is 0.0270. The third-order valence-corrected chi connectivity index (χ3v) is 5.56. The molecule has 1 fully saturated rings. The third-order valence-electron chi connectivity index (χ3n) is 5.56. The van der Waals surface area contributed by atoms with Gasteiger partial charge in [-0.05, 0) is 36.2 Å².